The van der Waals surface area contributed by atoms with Crippen LogP contribution in [0.2, 0.25) is 5.02 Å². The SMILES string of the molecule is CCNC(c1cnsn1)c1cc(Cl)ccc1OC. The molecule has 0 aliphatic heterocycles. The van der Waals surface area contributed by atoms with E-state index in [9.17, 15) is 0 Å². The van der Waals surface area contributed by atoms with Crippen molar-refractivity contribution in [3.8, 4) is 5.75 Å². The maximum Gasteiger partial charge on any atom is 0.124 e. The maximum absolute atomic E-state index is 6.06. The zero-order chi connectivity index (χ0) is 13.0. The van der Waals surface area contributed by atoms with Crippen molar-refractivity contribution in [2.45, 2.75) is 13.0 Å². The van der Waals surface area contributed by atoms with E-state index in [-0.39, 0.29) is 6.04 Å². The third-order valence-electron chi connectivity index (χ3n) is 2.59. The highest BCUT2D eigenvalue weighted by Gasteiger charge is 2.20. The highest BCUT2D eigenvalue weighted by molar-refractivity contribution is 6.99. The molecule has 0 spiro atoms. The third kappa shape index (κ3) is 2.80. The second-order valence-corrected chi connectivity index (χ2v) is 4.70. The van der Waals surface area contributed by atoms with Gasteiger partial charge in [-0.2, -0.15) is 8.75 Å². The van der Waals surface area contributed by atoms with Gasteiger partial charge in [-0.1, -0.05) is 18.5 Å². The minimum Gasteiger partial charge on any atom is -0.496 e. The number of halogens is 1. The minimum atomic E-state index is -0.0533. The molecule has 2 rings (SSSR count). The summed E-state index contributed by atoms with van der Waals surface area (Å²) in [4.78, 5) is 0. The molecule has 1 heterocycles. The molecule has 1 unspecified atom stereocenters. The zero-order valence-corrected chi connectivity index (χ0v) is 11.8. The van der Waals surface area contributed by atoms with Gasteiger partial charge in [0.15, 0.2) is 0 Å². The largest absolute Gasteiger partial charge is 0.496 e. The Bertz CT molecular complexity index is 504. The molecule has 1 aromatic carbocycles. The van der Waals surface area contributed by atoms with Gasteiger partial charge in [0.25, 0.3) is 0 Å². The number of nitrogens with zero attached hydrogens (tertiary/aromatic N) is 2. The molecule has 0 fully saturated rings. The summed E-state index contributed by atoms with van der Waals surface area (Å²) in [6, 6.07) is 5.52. The minimum absolute atomic E-state index is 0.0533. The van der Waals surface area contributed by atoms with Gasteiger partial charge in [0.05, 0.1) is 36.8 Å². The molecule has 1 aromatic heterocycles. The lowest BCUT2D eigenvalue weighted by Crippen LogP contribution is -2.22. The van der Waals surface area contributed by atoms with Crippen LogP contribution in [0.5, 0.6) is 5.75 Å². The van der Waals surface area contributed by atoms with Crippen molar-refractivity contribution >= 4 is 23.3 Å². The predicted molar refractivity (Wildman–Crippen MR) is 73.4 cm³/mol. The molecule has 0 saturated carbocycles. The topological polar surface area (TPSA) is 47.0 Å². The lowest BCUT2D eigenvalue weighted by molar-refractivity contribution is 0.404. The van der Waals surface area contributed by atoms with Crippen molar-refractivity contribution in [1.29, 1.82) is 0 Å². The van der Waals surface area contributed by atoms with Gasteiger partial charge in [-0.25, -0.2) is 0 Å². The molecule has 0 bridgehead atoms. The van der Waals surface area contributed by atoms with Gasteiger partial charge in [-0.3, -0.25) is 0 Å². The molecule has 0 radical (unpaired) electrons. The molecule has 1 N–H and O–H groups in total. The molecule has 0 saturated heterocycles. The molecule has 4 nitrogen and oxygen atoms in total. The fourth-order valence-corrected chi connectivity index (χ4v) is 2.44. The number of hydrogen-bond acceptors (Lipinski definition) is 5. The number of ether oxygens (including phenoxy) is 1. The summed E-state index contributed by atoms with van der Waals surface area (Å²) >= 11 is 7.25. The van der Waals surface area contributed by atoms with Crippen LogP contribution in [-0.2, 0) is 0 Å². The van der Waals surface area contributed by atoms with Gasteiger partial charge in [0.2, 0.25) is 0 Å². The van der Waals surface area contributed by atoms with Crippen molar-refractivity contribution in [2.24, 2.45) is 0 Å². The van der Waals surface area contributed by atoms with Crippen LogP contribution in [0.4, 0.5) is 0 Å². The lowest BCUT2D eigenvalue weighted by atomic mass is 10.0. The number of rotatable bonds is 5. The van der Waals surface area contributed by atoms with Crippen LogP contribution in [0.15, 0.2) is 24.4 Å². The molecular weight excluding hydrogens is 270 g/mol. The molecule has 96 valence electrons. The lowest BCUT2D eigenvalue weighted by Gasteiger charge is -2.18. The first-order valence-corrected chi connectivity index (χ1v) is 6.71. The summed E-state index contributed by atoms with van der Waals surface area (Å²) in [7, 11) is 1.65. The third-order valence-corrected chi connectivity index (χ3v) is 3.31. The van der Waals surface area contributed by atoms with E-state index in [0.29, 0.717) is 5.02 Å². The average Bonchev–Trinajstić information content (AvgIpc) is 2.89. The van der Waals surface area contributed by atoms with Gasteiger partial charge in [-0.15, -0.1) is 0 Å². The highest BCUT2D eigenvalue weighted by atomic mass is 35.5. The van der Waals surface area contributed by atoms with Crippen molar-refractivity contribution in [3.63, 3.8) is 0 Å². The Morgan fingerprint density at radius 1 is 1.50 bits per heavy atom. The second kappa shape index (κ2) is 6.13. The average molecular weight is 284 g/mol. The standard InChI is InChI=1S/C12H14ClN3OS/c1-3-14-12(10-7-15-18-16-10)9-6-8(13)4-5-11(9)17-2/h4-7,12,14H,3H2,1-2H3. The number of benzene rings is 1. The smallest absolute Gasteiger partial charge is 0.124 e. The van der Waals surface area contributed by atoms with E-state index in [1.54, 1.807) is 13.3 Å². The molecule has 0 aliphatic rings. The number of hydrogen-bond donors (Lipinski definition) is 1. The summed E-state index contributed by atoms with van der Waals surface area (Å²) in [5.41, 5.74) is 1.85. The van der Waals surface area contributed by atoms with Crippen LogP contribution in [-0.4, -0.2) is 22.4 Å². The summed E-state index contributed by atoms with van der Waals surface area (Å²) in [6.07, 6.45) is 1.76. The second-order valence-electron chi connectivity index (χ2n) is 3.71. The first-order valence-electron chi connectivity index (χ1n) is 5.60. The van der Waals surface area contributed by atoms with Gasteiger partial charge in [-0.05, 0) is 24.7 Å². The van der Waals surface area contributed by atoms with Crippen LogP contribution < -0.4 is 10.1 Å². The Labute approximate surface area is 115 Å². The van der Waals surface area contributed by atoms with Crippen molar-refractivity contribution in [3.05, 3.63) is 40.7 Å². The number of aromatic nitrogens is 2. The Kier molecular flexibility index (Phi) is 4.52. The van der Waals surface area contributed by atoms with Gasteiger partial charge in [0, 0.05) is 10.6 Å². The van der Waals surface area contributed by atoms with Gasteiger partial charge in [0.1, 0.15) is 5.75 Å². The summed E-state index contributed by atoms with van der Waals surface area (Å²) in [5, 5.41) is 4.05. The molecule has 18 heavy (non-hydrogen) atoms. The Morgan fingerprint density at radius 2 is 2.33 bits per heavy atom. The fraction of sp³-hybridized carbons (Fsp3) is 0.333. The van der Waals surface area contributed by atoms with Crippen LogP contribution >= 0.6 is 23.3 Å². The number of nitrogens with one attached hydrogen (secondary N) is 1. The van der Waals surface area contributed by atoms with E-state index in [1.807, 2.05) is 25.1 Å². The van der Waals surface area contributed by atoms with E-state index in [4.69, 9.17) is 16.3 Å². The van der Waals surface area contributed by atoms with E-state index < -0.39 is 0 Å². The van der Waals surface area contributed by atoms with Crippen molar-refractivity contribution < 1.29 is 4.74 Å². The molecule has 1 atom stereocenters. The van der Waals surface area contributed by atoms with Crippen LogP contribution in [0.1, 0.15) is 24.2 Å². The van der Waals surface area contributed by atoms with E-state index >= 15 is 0 Å². The summed E-state index contributed by atoms with van der Waals surface area (Å²) < 4.78 is 13.7. The Hall–Kier alpha value is -1.17. The molecule has 0 aliphatic carbocycles. The van der Waals surface area contributed by atoms with E-state index in [0.717, 1.165) is 23.6 Å². The highest BCUT2D eigenvalue weighted by Crippen LogP contribution is 2.31. The van der Waals surface area contributed by atoms with Crippen LogP contribution in [0.3, 0.4) is 0 Å². The van der Waals surface area contributed by atoms with Crippen LogP contribution in [0.25, 0.3) is 0 Å². The number of methoxy groups -OCH3 is 1. The summed E-state index contributed by atoms with van der Waals surface area (Å²) in [6.45, 7) is 2.86. The normalized spacial score (nSPS) is 12.4. The molecule has 6 heteroatoms. The Morgan fingerprint density at radius 3 is 2.94 bits per heavy atom. The quantitative estimate of drug-likeness (QED) is 0.916. The van der Waals surface area contributed by atoms with Gasteiger partial charge < -0.3 is 10.1 Å². The van der Waals surface area contributed by atoms with Crippen molar-refractivity contribution in [1.82, 2.24) is 14.1 Å². The van der Waals surface area contributed by atoms with E-state index in [1.165, 1.54) is 11.7 Å². The van der Waals surface area contributed by atoms with E-state index in [2.05, 4.69) is 14.1 Å². The first kappa shape index (κ1) is 13.3. The predicted octanol–water partition coefficient (Wildman–Crippen LogP) is 2.90. The first-order chi connectivity index (χ1) is 8.76. The molecule has 0 amide bonds. The monoisotopic (exact) mass is 283 g/mol. The Balaban J connectivity index is 2.45. The fourth-order valence-electron chi connectivity index (χ4n) is 1.81. The zero-order valence-electron chi connectivity index (χ0n) is 10.2. The molecular formula is C12H14ClN3OS. The molecule has 2 aromatic rings. The summed E-state index contributed by atoms with van der Waals surface area (Å²) in [5.74, 6) is 0.790. The van der Waals surface area contributed by atoms with Gasteiger partial charge >= 0.3 is 0 Å². The van der Waals surface area contributed by atoms with Crippen molar-refractivity contribution in [2.75, 3.05) is 13.7 Å². The van der Waals surface area contributed by atoms with Crippen LogP contribution in [0, 0.1) is 0 Å². The maximum atomic E-state index is 6.06.